The smallest absolute Gasteiger partial charge is 0.272 e. The summed E-state index contributed by atoms with van der Waals surface area (Å²) < 4.78 is 11.3. The molecule has 0 radical (unpaired) electrons. The average Bonchev–Trinajstić information content (AvgIpc) is 3.06. The summed E-state index contributed by atoms with van der Waals surface area (Å²) in [5, 5.41) is 15.3. The van der Waals surface area contributed by atoms with Gasteiger partial charge in [0.2, 0.25) is 17.7 Å². The van der Waals surface area contributed by atoms with E-state index in [4.69, 9.17) is 119 Å². The first-order valence-corrected chi connectivity index (χ1v) is 21.0. The molecule has 0 bridgehead atoms. The van der Waals surface area contributed by atoms with Crippen LogP contribution in [0.1, 0.15) is 74.1 Å². The summed E-state index contributed by atoms with van der Waals surface area (Å²) in [6.07, 6.45) is 1.87. The molecule has 24 heteroatoms. The van der Waals surface area contributed by atoms with Crippen molar-refractivity contribution in [2.45, 2.75) is 102 Å². The first kappa shape index (κ1) is 56.3. The van der Waals surface area contributed by atoms with E-state index >= 15 is 0 Å². The van der Waals surface area contributed by atoms with Gasteiger partial charge in [-0.2, -0.15) is 0 Å². The van der Waals surface area contributed by atoms with Crippen molar-refractivity contribution in [3.63, 3.8) is 0 Å². The predicted molar refractivity (Wildman–Crippen MR) is 226 cm³/mol. The molecule has 0 aromatic heterocycles. The van der Waals surface area contributed by atoms with Crippen LogP contribution in [0.5, 0.6) is 0 Å². The number of nitrogens with one attached hydrogen (secondary N) is 6. The SMILES string of the molecule is CCC(COCCCNC(=O)C(C)(C)NC(=O)C(Cl)(Cl)Cl)(COCCCNC(=O)C(C)(C)NC(=O)C(Cl)(Cl)Cl)COCCCNC(=O)C(C)(C)NC(=O)C(Cl)(Cl)Cl. The van der Waals surface area contributed by atoms with E-state index < -0.39 is 68.9 Å². The Balaban J connectivity index is 5.21. The van der Waals surface area contributed by atoms with Gasteiger partial charge in [0, 0.05) is 44.9 Å². The molecule has 6 amide bonds. The first-order chi connectivity index (χ1) is 25.8. The third-order valence-electron chi connectivity index (χ3n) is 7.98. The number of alkyl halides is 9. The normalized spacial score (nSPS) is 13.1. The quantitative estimate of drug-likeness (QED) is 0.0552. The molecule has 0 fully saturated rings. The molecule has 0 saturated carbocycles. The maximum Gasteiger partial charge on any atom is 0.272 e. The van der Waals surface area contributed by atoms with E-state index in [0.717, 1.165) is 0 Å². The van der Waals surface area contributed by atoms with Crippen molar-refractivity contribution in [1.29, 1.82) is 0 Å². The zero-order chi connectivity index (χ0) is 44.5. The molecule has 0 rings (SSSR count). The Morgan fingerprint density at radius 1 is 0.421 bits per heavy atom. The summed E-state index contributed by atoms with van der Waals surface area (Å²) in [5.74, 6) is -4.29. The number of ether oxygens (including phenoxy) is 3. The maximum absolute atomic E-state index is 12.6. The lowest BCUT2D eigenvalue weighted by Crippen LogP contribution is -2.57. The second-order valence-corrected chi connectivity index (χ2v) is 21.4. The molecule has 0 aliphatic heterocycles. The number of hydrogen-bond donors (Lipinski definition) is 6. The fourth-order valence-corrected chi connectivity index (χ4v) is 4.75. The van der Waals surface area contributed by atoms with Crippen LogP contribution in [-0.2, 0) is 43.0 Å². The van der Waals surface area contributed by atoms with Crippen molar-refractivity contribution in [2.75, 3.05) is 59.3 Å². The van der Waals surface area contributed by atoms with Crippen LogP contribution in [0.3, 0.4) is 0 Å². The van der Waals surface area contributed by atoms with Crippen LogP contribution in [0.15, 0.2) is 0 Å². The fourth-order valence-electron chi connectivity index (χ4n) is 4.32. The highest BCUT2D eigenvalue weighted by molar-refractivity contribution is 6.77. The number of rotatable bonds is 25. The zero-order valence-corrected chi connectivity index (χ0v) is 39.6. The molecule has 0 spiro atoms. The lowest BCUT2D eigenvalue weighted by Gasteiger charge is -2.32. The van der Waals surface area contributed by atoms with Crippen molar-refractivity contribution in [3.8, 4) is 0 Å². The Morgan fingerprint density at radius 3 is 0.842 bits per heavy atom. The molecule has 6 N–H and O–H groups in total. The van der Waals surface area contributed by atoms with Gasteiger partial charge in [-0.3, -0.25) is 28.8 Å². The Kier molecular flexibility index (Phi) is 24.4. The fraction of sp³-hybridized carbons (Fsp3) is 0.818. The van der Waals surface area contributed by atoms with Crippen molar-refractivity contribution < 1.29 is 43.0 Å². The molecule has 0 aromatic carbocycles. The number of carbonyl (C=O) groups is 6. The molecule has 0 unspecified atom stereocenters. The van der Waals surface area contributed by atoms with Crippen LogP contribution in [0, 0.1) is 5.41 Å². The van der Waals surface area contributed by atoms with E-state index in [2.05, 4.69) is 31.9 Å². The molecule has 0 aliphatic rings. The minimum Gasteiger partial charge on any atom is -0.381 e. The van der Waals surface area contributed by atoms with Gasteiger partial charge in [-0.05, 0) is 67.2 Å². The summed E-state index contributed by atoms with van der Waals surface area (Å²) in [6.45, 7) is 12.9. The topological polar surface area (TPSA) is 202 Å². The molecule has 0 atom stereocenters. The van der Waals surface area contributed by atoms with E-state index in [1.165, 1.54) is 41.5 Å². The number of hydrogen-bond acceptors (Lipinski definition) is 9. The summed E-state index contributed by atoms with van der Waals surface area (Å²) in [4.78, 5) is 74.0. The van der Waals surface area contributed by atoms with Crippen LogP contribution in [0.2, 0.25) is 0 Å². The Hall–Kier alpha value is -0.690. The number of amides is 6. The highest BCUT2D eigenvalue weighted by Gasteiger charge is 2.40. The minimum absolute atomic E-state index is 0.226. The van der Waals surface area contributed by atoms with Gasteiger partial charge in [0.1, 0.15) is 16.6 Å². The van der Waals surface area contributed by atoms with Gasteiger partial charge in [0.25, 0.3) is 29.1 Å². The molecule has 57 heavy (non-hydrogen) atoms. The van der Waals surface area contributed by atoms with Crippen LogP contribution in [0.25, 0.3) is 0 Å². The van der Waals surface area contributed by atoms with Gasteiger partial charge in [-0.1, -0.05) is 111 Å². The van der Waals surface area contributed by atoms with E-state index in [0.29, 0.717) is 25.7 Å². The van der Waals surface area contributed by atoms with Crippen molar-refractivity contribution in [2.24, 2.45) is 5.41 Å². The van der Waals surface area contributed by atoms with Crippen LogP contribution in [-0.4, -0.2) is 123 Å². The monoisotopic (exact) mass is 992 g/mol. The van der Waals surface area contributed by atoms with Crippen LogP contribution < -0.4 is 31.9 Å². The zero-order valence-electron chi connectivity index (χ0n) is 32.8. The summed E-state index contributed by atoms with van der Waals surface area (Å²) in [6, 6.07) is 0. The molecule has 0 aromatic rings. The van der Waals surface area contributed by atoms with Gasteiger partial charge in [0.15, 0.2) is 0 Å². The van der Waals surface area contributed by atoms with Gasteiger partial charge in [0.05, 0.1) is 19.8 Å². The predicted octanol–water partition coefficient (Wildman–Crippen LogP) is 4.75. The van der Waals surface area contributed by atoms with Gasteiger partial charge in [-0.25, -0.2) is 0 Å². The van der Waals surface area contributed by atoms with E-state index in [1.807, 2.05) is 6.92 Å². The highest BCUT2D eigenvalue weighted by atomic mass is 35.6. The molecular formula is C33H53Cl9N6O9. The largest absolute Gasteiger partial charge is 0.381 e. The maximum atomic E-state index is 12.6. The lowest BCUT2D eigenvalue weighted by atomic mass is 9.88. The average molecular weight is 997 g/mol. The third-order valence-corrected chi connectivity index (χ3v) is 9.53. The van der Waals surface area contributed by atoms with E-state index in [9.17, 15) is 28.8 Å². The summed E-state index contributed by atoms with van der Waals surface area (Å²) in [7, 11) is 0. The Morgan fingerprint density at radius 2 is 0.649 bits per heavy atom. The molecule has 0 saturated heterocycles. The highest BCUT2D eigenvalue weighted by Crippen LogP contribution is 2.29. The summed E-state index contributed by atoms with van der Waals surface area (Å²) in [5.41, 5.74) is -4.66. The molecule has 332 valence electrons. The Labute approximate surface area is 379 Å². The van der Waals surface area contributed by atoms with Crippen LogP contribution in [0.4, 0.5) is 0 Å². The molecule has 0 heterocycles. The van der Waals surface area contributed by atoms with E-state index in [1.54, 1.807) is 0 Å². The van der Waals surface area contributed by atoms with Gasteiger partial charge >= 0.3 is 0 Å². The number of carbonyl (C=O) groups excluding carboxylic acids is 6. The molecule has 0 aliphatic carbocycles. The number of halogens is 9. The van der Waals surface area contributed by atoms with E-state index in [-0.39, 0.29) is 59.3 Å². The van der Waals surface area contributed by atoms with Crippen molar-refractivity contribution >= 4 is 140 Å². The van der Waals surface area contributed by atoms with Crippen molar-refractivity contribution in [1.82, 2.24) is 31.9 Å². The van der Waals surface area contributed by atoms with Crippen molar-refractivity contribution in [3.05, 3.63) is 0 Å². The minimum atomic E-state index is -2.23. The lowest BCUT2D eigenvalue weighted by molar-refractivity contribution is -0.132. The Bertz CT molecular complexity index is 1200. The third kappa shape index (κ3) is 22.6. The second-order valence-electron chi connectivity index (χ2n) is 14.6. The first-order valence-electron chi connectivity index (χ1n) is 17.6. The molecule has 15 nitrogen and oxygen atoms in total. The van der Waals surface area contributed by atoms with Gasteiger partial charge < -0.3 is 46.1 Å². The summed E-state index contributed by atoms with van der Waals surface area (Å²) >= 11 is 50.4. The molecular weight excluding hydrogens is 943 g/mol. The van der Waals surface area contributed by atoms with Gasteiger partial charge in [-0.15, -0.1) is 0 Å². The van der Waals surface area contributed by atoms with Crippen LogP contribution >= 0.6 is 104 Å². The second kappa shape index (κ2) is 24.7. The standard InChI is InChI=1S/C33H53Cl9N6O9/c1-8-30(18-55-15-9-12-43-21(49)27(2,3)46-24(52)31(34,35)36,19-56-16-10-13-44-22(50)28(4,5)47-25(53)32(37,38)39)20-57-17-11-14-45-23(51)29(6,7)48-26(54)33(40,41)42/h8-20H2,1-7H3,(H,43,49)(H,44,50)(H,45,51)(H,46,52)(H,47,53)(H,48,54).